The van der Waals surface area contributed by atoms with Crippen molar-refractivity contribution in [2.24, 2.45) is 5.41 Å². The number of halogens is 1. The zero-order chi connectivity index (χ0) is 12.2. The van der Waals surface area contributed by atoms with Crippen molar-refractivity contribution < 1.29 is 5.11 Å². The molecule has 0 aliphatic rings. The van der Waals surface area contributed by atoms with E-state index in [0.717, 1.165) is 10.2 Å². The Morgan fingerprint density at radius 3 is 2.75 bits per heavy atom. The van der Waals surface area contributed by atoms with Crippen molar-refractivity contribution in [2.75, 3.05) is 18.5 Å². The molecule has 86 valence electrons. The van der Waals surface area contributed by atoms with Gasteiger partial charge in [0.05, 0.1) is 11.3 Å². The Morgan fingerprint density at radius 2 is 2.19 bits per heavy atom. The van der Waals surface area contributed by atoms with E-state index in [1.807, 2.05) is 26.0 Å². The lowest BCUT2D eigenvalue weighted by atomic mass is 9.95. The number of nitriles is 1. The van der Waals surface area contributed by atoms with Gasteiger partial charge in [-0.3, -0.25) is 0 Å². The maximum atomic E-state index is 9.14. The Bertz CT molecular complexity index is 410. The average Bonchev–Trinajstić information content (AvgIpc) is 2.27. The highest BCUT2D eigenvalue weighted by Crippen LogP contribution is 2.22. The summed E-state index contributed by atoms with van der Waals surface area (Å²) < 4.78 is 0.927. The number of hydrogen-bond acceptors (Lipinski definition) is 3. The number of nitrogens with one attached hydrogen (secondary N) is 1. The Morgan fingerprint density at radius 1 is 1.50 bits per heavy atom. The maximum absolute atomic E-state index is 9.14. The summed E-state index contributed by atoms with van der Waals surface area (Å²) >= 11 is 3.36. The third kappa shape index (κ3) is 3.51. The second-order valence-corrected chi connectivity index (χ2v) is 5.39. The standard InChI is InChI=1S/C12H15BrN2O/c1-12(2,8-16)7-15-11-5-10(13)4-3-9(11)6-14/h3-5,15-16H,7-8H2,1-2H3. The molecule has 0 aliphatic heterocycles. The first-order chi connectivity index (χ1) is 7.48. The summed E-state index contributed by atoms with van der Waals surface area (Å²) in [6.07, 6.45) is 0. The van der Waals surface area contributed by atoms with Gasteiger partial charge in [0.1, 0.15) is 6.07 Å². The Hall–Kier alpha value is -1.05. The van der Waals surface area contributed by atoms with Gasteiger partial charge < -0.3 is 10.4 Å². The van der Waals surface area contributed by atoms with Crippen LogP contribution in [-0.4, -0.2) is 18.3 Å². The van der Waals surface area contributed by atoms with Crippen molar-refractivity contribution in [3.63, 3.8) is 0 Å². The first-order valence-electron chi connectivity index (χ1n) is 5.03. The molecule has 0 spiro atoms. The molecule has 1 aromatic carbocycles. The predicted molar refractivity (Wildman–Crippen MR) is 68.2 cm³/mol. The van der Waals surface area contributed by atoms with Gasteiger partial charge in [-0.2, -0.15) is 5.26 Å². The summed E-state index contributed by atoms with van der Waals surface area (Å²) in [5, 5.41) is 21.3. The van der Waals surface area contributed by atoms with E-state index < -0.39 is 0 Å². The van der Waals surface area contributed by atoms with Crippen LogP contribution in [-0.2, 0) is 0 Å². The lowest BCUT2D eigenvalue weighted by molar-refractivity contribution is 0.171. The molecule has 0 saturated heterocycles. The smallest absolute Gasteiger partial charge is 0.101 e. The zero-order valence-corrected chi connectivity index (χ0v) is 11.0. The number of anilines is 1. The average molecular weight is 283 g/mol. The molecular formula is C12H15BrN2O. The zero-order valence-electron chi connectivity index (χ0n) is 9.42. The fourth-order valence-electron chi connectivity index (χ4n) is 1.15. The van der Waals surface area contributed by atoms with E-state index in [0.29, 0.717) is 12.1 Å². The second kappa shape index (κ2) is 5.33. The normalized spacial score (nSPS) is 10.9. The topological polar surface area (TPSA) is 56.0 Å². The monoisotopic (exact) mass is 282 g/mol. The number of aliphatic hydroxyl groups is 1. The number of aliphatic hydroxyl groups excluding tert-OH is 1. The van der Waals surface area contributed by atoms with Gasteiger partial charge in [0.15, 0.2) is 0 Å². The fourth-order valence-corrected chi connectivity index (χ4v) is 1.51. The molecule has 0 bridgehead atoms. The third-order valence-electron chi connectivity index (χ3n) is 2.29. The van der Waals surface area contributed by atoms with Crippen LogP contribution in [0.1, 0.15) is 19.4 Å². The van der Waals surface area contributed by atoms with Crippen LogP contribution in [0.2, 0.25) is 0 Å². The Labute approximate surface area is 104 Å². The van der Waals surface area contributed by atoms with Crippen LogP contribution in [0.4, 0.5) is 5.69 Å². The molecular weight excluding hydrogens is 268 g/mol. The molecule has 1 rings (SSSR count). The minimum absolute atomic E-state index is 0.107. The minimum Gasteiger partial charge on any atom is -0.396 e. The van der Waals surface area contributed by atoms with E-state index in [1.54, 1.807) is 6.07 Å². The fraction of sp³-hybridized carbons (Fsp3) is 0.417. The van der Waals surface area contributed by atoms with Gasteiger partial charge in [0.2, 0.25) is 0 Å². The summed E-state index contributed by atoms with van der Waals surface area (Å²) in [4.78, 5) is 0. The van der Waals surface area contributed by atoms with Crippen molar-refractivity contribution in [1.82, 2.24) is 0 Å². The van der Waals surface area contributed by atoms with Gasteiger partial charge in [0, 0.05) is 23.0 Å². The van der Waals surface area contributed by atoms with E-state index in [2.05, 4.69) is 27.3 Å². The van der Waals surface area contributed by atoms with Crippen molar-refractivity contribution >= 4 is 21.6 Å². The third-order valence-corrected chi connectivity index (χ3v) is 2.78. The molecule has 0 unspecified atom stereocenters. The summed E-state index contributed by atoms with van der Waals surface area (Å²) in [5.74, 6) is 0. The SMILES string of the molecule is CC(C)(CO)CNc1cc(Br)ccc1C#N. The van der Waals surface area contributed by atoms with Crippen LogP contribution < -0.4 is 5.32 Å². The highest BCUT2D eigenvalue weighted by Gasteiger charge is 2.16. The molecule has 0 saturated carbocycles. The van der Waals surface area contributed by atoms with Gasteiger partial charge >= 0.3 is 0 Å². The van der Waals surface area contributed by atoms with E-state index in [1.165, 1.54) is 0 Å². The highest BCUT2D eigenvalue weighted by atomic mass is 79.9. The van der Waals surface area contributed by atoms with Crippen LogP contribution in [0, 0.1) is 16.7 Å². The van der Waals surface area contributed by atoms with Gasteiger partial charge in [-0.15, -0.1) is 0 Å². The van der Waals surface area contributed by atoms with Gasteiger partial charge in [-0.1, -0.05) is 29.8 Å². The quantitative estimate of drug-likeness (QED) is 0.893. The molecule has 0 heterocycles. The summed E-state index contributed by atoms with van der Waals surface area (Å²) in [6.45, 7) is 4.65. The van der Waals surface area contributed by atoms with Crippen molar-refractivity contribution in [1.29, 1.82) is 5.26 Å². The van der Waals surface area contributed by atoms with Crippen LogP contribution in [0.5, 0.6) is 0 Å². The Balaban J connectivity index is 2.81. The van der Waals surface area contributed by atoms with Crippen LogP contribution >= 0.6 is 15.9 Å². The molecule has 0 fully saturated rings. The number of nitrogens with zero attached hydrogens (tertiary/aromatic N) is 1. The summed E-state index contributed by atoms with van der Waals surface area (Å²) in [5.41, 5.74) is 1.20. The first-order valence-corrected chi connectivity index (χ1v) is 5.82. The number of rotatable bonds is 4. The van der Waals surface area contributed by atoms with E-state index in [9.17, 15) is 0 Å². The number of benzene rings is 1. The molecule has 4 heteroatoms. The molecule has 0 amide bonds. The molecule has 0 aliphatic carbocycles. The summed E-state index contributed by atoms with van der Waals surface area (Å²) in [6, 6.07) is 7.59. The van der Waals surface area contributed by atoms with Crippen LogP contribution in [0.15, 0.2) is 22.7 Å². The molecule has 16 heavy (non-hydrogen) atoms. The minimum atomic E-state index is -0.199. The van der Waals surface area contributed by atoms with Gasteiger partial charge in [-0.25, -0.2) is 0 Å². The molecule has 3 nitrogen and oxygen atoms in total. The first kappa shape index (κ1) is 13.0. The Kier molecular flexibility index (Phi) is 4.34. The lowest BCUT2D eigenvalue weighted by Gasteiger charge is -2.23. The van der Waals surface area contributed by atoms with Gasteiger partial charge in [0.25, 0.3) is 0 Å². The van der Waals surface area contributed by atoms with E-state index in [-0.39, 0.29) is 12.0 Å². The van der Waals surface area contributed by atoms with E-state index >= 15 is 0 Å². The predicted octanol–water partition coefficient (Wildman–Crippen LogP) is 2.75. The molecule has 0 aromatic heterocycles. The number of hydrogen-bond donors (Lipinski definition) is 2. The molecule has 0 atom stereocenters. The molecule has 2 N–H and O–H groups in total. The maximum Gasteiger partial charge on any atom is 0.101 e. The second-order valence-electron chi connectivity index (χ2n) is 4.48. The van der Waals surface area contributed by atoms with Crippen molar-refractivity contribution in [2.45, 2.75) is 13.8 Å². The highest BCUT2D eigenvalue weighted by molar-refractivity contribution is 9.10. The van der Waals surface area contributed by atoms with Crippen LogP contribution in [0.3, 0.4) is 0 Å². The molecule has 0 radical (unpaired) electrons. The lowest BCUT2D eigenvalue weighted by Crippen LogP contribution is -2.27. The molecule has 1 aromatic rings. The van der Waals surface area contributed by atoms with Gasteiger partial charge in [-0.05, 0) is 18.2 Å². The van der Waals surface area contributed by atoms with E-state index in [4.69, 9.17) is 10.4 Å². The van der Waals surface area contributed by atoms with Crippen molar-refractivity contribution in [3.8, 4) is 6.07 Å². The van der Waals surface area contributed by atoms with Crippen molar-refractivity contribution in [3.05, 3.63) is 28.2 Å². The largest absolute Gasteiger partial charge is 0.396 e. The van der Waals surface area contributed by atoms with Crippen LogP contribution in [0.25, 0.3) is 0 Å². The summed E-state index contributed by atoms with van der Waals surface area (Å²) in [7, 11) is 0.